The molecule has 1 aliphatic heterocycles. The number of rotatable bonds is 4. The number of carbonyl (C=O) groups excluding carboxylic acids is 2. The van der Waals surface area contributed by atoms with Gasteiger partial charge in [-0.15, -0.1) is 0 Å². The molecule has 0 bridgehead atoms. The predicted molar refractivity (Wildman–Crippen MR) is 99.3 cm³/mol. The Morgan fingerprint density at radius 3 is 2.89 bits per heavy atom. The van der Waals surface area contributed by atoms with Crippen LogP contribution in [-0.2, 0) is 16.1 Å². The third kappa shape index (κ3) is 3.15. The van der Waals surface area contributed by atoms with Crippen molar-refractivity contribution in [1.82, 2.24) is 4.40 Å². The highest BCUT2D eigenvalue weighted by molar-refractivity contribution is 5.97. The number of fused-ring (bicyclic) bond motifs is 1. The fourth-order valence-electron chi connectivity index (χ4n) is 3.36. The number of ether oxygens (including phenoxy) is 1. The van der Waals surface area contributed by atoms with Crippen molar-refractivity contribution < 1.29 is 14.3 Å². The van der Waals surface area contributed by atoms with Gasteiger partial charge in [0.2, 0.25) is 5.91 Å². The summed E-state index contributed by atoms with van der Waals surface area (Å²) in [6.45, 7) is 0.677. The van der Waals surface area contributed by atoms with Gasteiger partial charge in [0, 0.05) is 36.6 Å². The van der Waals surface area contributed by atoms with Crippen molar-refractivity contribution in [1.29, 1.82) is 5.26 Å². The van der Waals surface area contributed by atoms with Crippen molar-refractivity contribution in [2.75, 3.05) is 11.4 Å². The number of hydrogen-bond acceptors (Lipinski definition) is 4. The van der Waals surface area contributed by atoms with Crippen LogP contribution in [0.2, 0.25) is 0 Å². The van der Waals surface area contributed by atoms with Crippen LogP contribution in [0.4, 0.5) is 5.69 Å². The zero-order valence-electron chi connectivity index (χ0n) is 14.6. The summed E-state index contributed by atoms with van der Waals surface area (Å²) in [6, 6.07) is 14.6. The Kier molecular flexibility index (Phi) is 4.35. The molecule has 1 saturated heterocycles. The molecule has 3 aromatic rings. The predicted octanol–water partition coefficient (Wildman–Crippen LogP) is 3.29. The van der Waals surface area contributed by atoms with Crippen molar-refractivity contribution in [3.63, 3.8) is 0 Å². The summed E-state index contributed by atoms with van der Waals surface area (Å²) >= 11 is 0. The van der Waals surface area contributed by atoms with Crippen molar-refractivity contribution in [3.05, 3.63) is 71.5 Å². The zero-order chi connectivity index (χ0) is 18.8. The summed E-state index contributed by atoms with van der Waals surface area (Å²) in [5.41, 5.74) is 3.03. The minimum atomic E-state index is -0.484. The van der Waals surface area contributed by atoms with E-state index in [4.69, 9.17) is 4.74 Å². The Balaban J connectivity index is 1.52. The normalized spacial score (nSPS) is 13.7. The molecule has 27 heavy (non-hydrogen) atoms. The maximum absolute atomic E-state index is 12.5. The summed E-state index contributed by atoms with van der Waals surface area (Å²) < 4.78 is 7.26. The van der Waals surface area contributed by atoms with Crippen molar-refractivity contribution in [2.45, 2.75) is 19.4 Å². The first-order chi connectivity index (χ1) is 13.2. The SMILES string of the molecule is N#Cc1c(COC(=O)c2cccc(N3CCCC3=O)c2)cn2ccccc12. The maximum Gasteiger partial charge on any atom is 0.338 e. The van der Waals surface area contributed by atoms with Gasteiger partial charge in [0.25, 0.3) is 0 Å². The van der Waals surface area contributed by atoms with Gasteiger partial charge in [-0.25, -0.2) is 4.79 Å². The summed E-state index contributed by atoms with van der Waals surface area (Å²) in [5, 5.41) is 9.43. The number of pyridine rings is 1. The summed E-state index contributed by atoms with van der Waals surface area (Å²) in [5.74, 6) is -0.415. The largest absolute Gasteiger partial charge is 0.457 e. The number of esters is 1. The number of nitrogens with zero attached hydrogens (tertiary/aromatic N) is 3. The Morgan fingerprint density at radius 2 is 2.11 bits per heavy atom. The number of aromatic nitrogens is 1. The average Bonchev–Trinajstić information content (AvgIpc) is 3.28. The second-order valence-electron chi connectivity index (χ2n) is 6.41. The summed E-state index contributed by atoms with van der Waals surface area (Å²) in [4.78, 5) is 26.1. The molecule has 134 valence electrons. The van der Waals surface area contributed by atoms with Crippen molar-refractivity contribution in [2.24, 2.45) is 0 Å². The second-order valence-corrected chi connectivity index (χ2v) is 6.41. The molecule has 6 heteroatoms. The fourth-order valence-corrected chi connectivity index (χ4v) is 3.36. The highest BCUT2D eigenvalue weighted by Gasteiger charge is 2.22. The molecule has 0 atom stereocenters. The molecule has 0 unspecified atom stereocenters. The van der Waals surface area contributed by atoms with Gasteiger partial charge in [0.05, 0.1) is 16.6 Å². The van der Waals surface area contributed by atoms with E-state index in [1.807, 2.05) is 34.9 Å². The van der Waals surface area contributed by atoms with Crippen LogP contribution in [0.15, 0.2) is 54.9 Å². The Labute approximate surface area is 156 Å². The first-order valence-corrected chi connectivity index (χ1v) is 8.73. The van der Waals surface area contributed by atoms with Gasteiger partial charge in [0.15, 0.2) is 0 Å². The van der Waals surface area contributed by atoms with Crippen molar-refractivity contribution in [3.8, 4) is 6.07 Å². The fraction of sp³-hybridized carbons (Fsp3) is 0.190. The molecule has 1 fully saturated rings. The molecule has 1 aromatic carbocycles. The highest BCUT2D eigenvalue weighted by Crippen LogP contribution is 2.23. The lowest BCUT2D eigenvalue weighted by atomic mass is 10.2. The number of nitriles is 1. The quantitative estimate of drug-likeness (QED) is 0.670. The van der Waals surface area contributed by atoms with Gasteiger partial charge in [-0.1, -0.05) is 12.1 Å². The lowest BCUT2D eigenvalue weighted by molar-refractivity contribution is -0.117. The van der Waals surface area contributed by atoms with E-state index in [0.29, 0.717) is 35.3 Å². The van der Waals surface area contributed by atoms with Crippen LogP contribution in [0.1, 0.15) is 34.3 Å². The average molecular weight is 359 g/mol. The molecule has 0 saturated carbocycles. The Hall–Kier alpha value is -3.59. The van der Waals surface area contributed by atoms with E-state index in [-0.39, 0.29) is 12.5 Å². The molecule has 0 aliphatic carbocycles. The van der Waals surface area contributed by atoms with E-state index >= 15 is 0 Å². The molecule has 0 spiro atoms. The molecule has 0 N–H and O–H groups in total. The minimum Gasteiger partial charge on any atom is -0.457 e. The molecular weight excluding hydrogens is 342 g/mol. The van der Waals surface area contributed by atoms with Crippen molar-refractivity contribution >= 4 is 23.1 Å². The van der Waals surface area contributed by atoms with E-state index in [1.54, 1.807) is 29.3 Å². The summed E-state index contributed by atoms with van der Waals surface area (Å²) in [7, 11) is 0. The standard InChI is InChI=1S/C21H17N3O3/c22-12-18-16(13-23-9-2-1-7-19(18)23)14-27-21(26)15-5-3-6-17(11-15)24-10-4-8-20(24)25/h1-3,5-7,9,11,13H,4,8,10,14H2. The van der Waals surface area contributed by atoms with Gasteiger partial charge in [0.1, 0.15) is 12.7 Å². The van der Waals surface area contributed by atoms with Crippen LogP contribution in [0.25, 0.3) is 5.52 Å². The number of anilines is 1. The third-order valence-electron chi connectivity index (χ3n) is 4.70. The van der Waals surface area contributed by atoms with E-state index in [9.17, 15) is 14.9 Å². The first-order valence-electron chi connectivity index (χ1n) is 8.73. The molecule has 4 rings (SSSR count). The highest BCUT2D eigenvalue weighted by atomic mass is 16.5. The van der Waals surface area contributed by atoms with Crippen LogP contribution < -0.4 is 4.90 Å². The molecule has 6 nitrogen and oxygen atoms in total. The lowest BCUT2D eigenvalue weighted by Gasteiger charge is -2.16. The van der Waals surface area contributed by atoms with E-state index in [2.05, 4.69) is 6.07 Å². The monoisotopic (exact) mass is 359 g/mol. The van der Waals surface area contributed by atoms with Crippen LogP contribution in [0.3, 0.4) is 0 Å². The molecule has 1 amide bonds. The smallest absolute Gasteiger partial charge is 0.338 e. The van der Waals surface area contributed by atoms with Crippen LogP contribution >= 0.6 is 0 Å². The number of amides is 1. The number of benzene rings is 1. The van der Waals surface area contributed by atoms with Crippen LogP contribution in [0, 0.1) is 11.3 Å². The molecular formula is C21H17N3O3. The maximum atomic E-state index is 12.5. The molecule has 0 radical (unpaired) electrons. The molecule has 1 aliphatic rings. The zero-order valence-corrected chi connectivity index (χ0v) is 14.6. The van der Waals surface area contributed by atoms with E-state index < -0.39 is 5.97 Å². The molecule has 3 heterocycles. The molecule has 2 aromatic heterocycles. The second kappa shape index (κ2) is 6.96. The van der Waals surface area contributed by atoms with Gasteiger partial charge < -0.3 is 14.0 Å². The minimum absolute atomic E-state index is 0.0102. The Morgan fingerprint density at radius 1 is 1.22 bits per heavy atom. The van der Waals surface area contributed by atoms with Gasteiger partial charge in [-0.3, -0.25) is 4.79 Å². The topological polar surface area (TPSA) is 74.8 Å². The summed E-state index contributed by atoms with van der Waals surface area (Å²) in [6.07, 6.45) is 5.00. The number of hydrogen-bond donors (Lipinski definition) is 0. The van der Waals surface area contributed by atoms with Crippen LogP contribution in [0.5, 0.6) is 0 Å². The van der Waals surface area contributed by atoms with Gasteiger partial charge in [-0.05, 0) is 36.8 Å². The van der Waals surface area contributed by atoms with Gasteiger partial charge >= 0.3 is 5.97 Å². The Bertz CT molecular complexity index is 1080. The van der Waals surface area contributed by atoms with E-state index in [1.165, 1.54) is 0 Å². The first kappa shape index (κ1) is 16.9. The number of carbonyl (C=O) groups is 2. The van der Waals surface area contributed by atoms with Crippen LogP contribution in [-0.4, -0.2) is 22.8 Å². The lowest BCUT2D eigenvalue weighted by Crippen LogP contribution is -2.23. The third-order valence-corrected chi connectivity index (χ3v) is 4.70. The van der Waals surface area contributed by atoms with Gasteiger partial charge in [-0.2, -0.15) is 5.26 Å². The van der Waals surface area contributed by atoms with E-state index in [0.717, 1.165) is 11.9 Å².